The number of nitrogens with zero attached hydrogens (tertiary/aromatic N) is 2. The van der Waals surface area contributed by atoms with E-state index in [0.717, 1.165) is 0 Å². The zero-order valence-corrected chi connectivity index (χ0v) is 18.1. The second kappa shape index (κ2) is 9.41. The molecule has 6 nitrogen and oxygen atoms in total. The van der Waals surface area contributed by atoms with Crippen LogP contribution in [0.5, 0.6) is 0 Å². The van der Waals surface area contributed by atoms with Gasteiger partial charge in [-0.3, -0.25) is 4.79 Å². The summed E-state index contributed by atoms with van der Waals surface area (Å²) in [5.74, 6) is 0.0160. The lowest BCUT2D eigenvalue weighted by molar-refractivity contribution is -0.126. The minimum Gasteiger partial charge on any atom is -0.444 e. The molecule has 1 atom stereocenters. The van der Waals surface area contributed by atoms with Crippen molar-refractivity contribution in [2.75, 3.05) is 33.7 Å². The summed E-state index contributed by atoms with van der Waals surface area (Å²) in [6, 6.07) is 8.56. The van der Waals surface area contributed by atoms with Crippen LogP contribution in [0, 0.1) is 12.8 Å². The Bertz CT molecular complexity index is 657. The van der Waals surface area contributed by atoms with Crippen LogP contribution in [0.15, 0.2) is 24.3 Å². The highest BCUT2D eigenvalue weighted by Gasteiger charge is 2.30. The number of amides is 2. The average molecular weight is 390 g/mol. The van der Waals surface area contributed by atoms with Crippen LogP contribution in [0.4, 0.5) is 4.79 Å². The summed E-state index contributed by atoms with van der Waals surface area (Å²) in [6.07, 6.45) is 1.04. The molecule has 1 aliphatic heterocycles. The Balaban J connectivity index is 1.84. The topological polar surface area (TPSA) is 61.9 Å². The van der Waals surface area contributed by atoms with Crippen LogP contribution in [-0.4, -0.2) is 61.1 Å². The molecule has 2 rings (SSSR count). The number of likely N-dealkylation sites (tertiary alicyclic amines) is 1. The van der Waals surface area contributed by atoms with Crippen molar-refractivity contribution in [2.45, 2.75) is 52.2 Å². The van der Waals surface area contributed by atoms with E-state index in [1.807, 2.05) is 34.9 Å². The standard InChI is InChI=1S/C22H35N3O3/c1-16-7-9-17(10-8-16)19(24(5)6)15-23-20(26)18-11-13-25(14-12-18)21(27)28-22(2,3)4/h7-10,18-19H,11-15H2,1-6H3,(H,23,26). The minimum absolute atomic E-state index is 0.0560. The Morgan fingerprint density at radius 2 is 1.75 bits per heavy atom. The molecule has 0 bridgehead atoms. The van der Waals surface area contributed by atoms with Gasteiger partial charge in [-0.15, -0.1) is 0 Å². The number of hydrogen-bond donors (Lipinski definition) is 1. The number of likely N-dealkylation sites (N-methyl/N-ethyl adjacent to an activating group) is 1. The summed E-state index contributed by atoms with van der Waals surface area (Å²) >= 11 is 0. The van der Waals surface area contributed by atoms with Crippen molar-refractivity contribution in [3.63, 3.8) is 0 Å². The summed E-state index contributed by atoms with van der Waals surface area (Å²) in [5.41, 5.74) is 1.92. The van der Waals surface area contributed by atoms with Gasteiger partial charge in [0.1, 0.15) is 5.60 Å². The van der Waals surface area contributed by atoms with Gasteiger partial charge in [0.05, 0.1) is 6.04 Å². The third-order valence-electron chi connectivity index (χ3n) is 5.07. The summed E-state index contributed by atoms with van der Waals surface area (Å²) in [5, 5.41) is 3.11. The van der Waals surface area contributed by atoms with Gasteiger partial charge in [0, 0.05) is 25.6 Å². The number of aryl methyl sites for hydroxylation is 1. The number of carbonyl (C=O) groups excluding carboxylic acids is 2. The van der Waals surface area contributed by atoms with Gasteiger partial charge in [0.15, 0.2) is 0 Å². The molecule has 1 saturated heterocycles. The van der Waals surface area contributed by atoms with Gasteiger partial charge < -0.3 is 19.9 Å². The smallest absolute Gasteiger partial charge is 0.410 e. The Hall–Kier alpha value is -2.08. The zero-order chi connectivity index (χ0) is 20.9. The van der Waals surface area contributed by atoms with Crippen molar-refractivity contribution in [1.82, 2.24) is 15.1 Å². The molecule has 2 amide bonds. The molecule has 0 aromatic heterocycles. The molecule has 1 aromatic rings. The Kier molecular flexibility index (Phi) is 7.47. The second-order valence-corrected chi connectivity index (χ2v) is 8.88. The first-order valence-corrected chi connectivity index (χ1v) is 10.1. The summed E-state index contributed by atoms with van der Waals surface area (Å²) < 4.78 is 5.42. The second-order valence-electron chi connectivity index (χ2n) is 8.88. The molecular weight excluding hydrogens is 354 g/mol. The van der Waals surface area contributed by atoms with Gasteiger partial charge in [-0.05, 0) is 60.2 Å². The number of carbonyl (C=O) groups is 2. The van der Waals surface area contributed by atoms with Crippen LogP contribution in [0.2, 0.25) is 0 Å². The zero-order valence-electron chi connectivity index (χ0n) is 18.1. The van der Waals surface area contributed by atoms with Crippen molar-refractivity contribution < 1.29 is 14.3 Å². The van der Waals surface area contributed by atoms with E-state index >= 15 is 0 Å². The van der Waals surface area contributed by atoms with E-state index in [2.05, 4.69) is 41.4 Å². The molecule has 1 heterocycles. The van der Waals surface area contributed by atoms with Gasteiger partial charge in [0.25, 0.3) is 0 Å². The first-order valence-electron chi connectivity index (χ1n) is 10.1. The maximum absolute atomic E-state index is 12.7. The third kappa shape index (κ3) is 6.51. The number of piperidine rings is 1. The van der Waals surface area contributed by atoms with Crippen LogP contribution < -0.4 is 5.32 Å². The minimum atomic E-state index is -0.498. The average Bonchev–Trinajstić information content (AvgIpc) is 2.61. The molecule has 0 radical (unpaired) electrons. The number of benzene rings is 1. The maximum atomic E-state index is 12.7. The van der Waals surface area contributed by atoms with Crippen molar-refractivity contribution in [3.8, 4) is 0 Å². The highest BCUT2D eigenvalue weighted by Crippen LogP contribution is 2.21. The summed E-state index contributed by atoms with van der Waals surface area (Å²) in [4.78, 5) is 28.6. The Morgan fingerprint density at radius 1 is 1.18 bits per heavy atom. The van der Waals surface area contributed by atoms with E-state index in [0.29, 0.717) is 32.5 Å². The predicted molar refractivity (Wildman–Crippen MR) is 111 cm³/mol. The lowest BCUT2D eigenvalue weighted by Gasteiger charge is -2.33. The largest absolute Gasteiger partial charge is 0.444 e. The number of ether oxygens (including phenoxy) is 1. The summed E-state index contributed by atoms with van der Waals surface area (Å²) in [6.45, 7) is 9.34. The molecule has 1 fully saturated rings. The molecular formula is C22H35N3O3. The van der Waals surface area contributed by atoms with Crippen LogP contribution in [0.1, 0.15) is 50.8 Å². The molecule has 28 heavy (non-hydrogen) atoms. The normalized spacial score (nSPS) is 16.8. The van der Waals surface area contributed by atoms with Crippen molar-refractivity contribution in [2.24, 2.45) is 5.92 Å². The van der Waals surface area contributed by atoms with Crippen molar-refractivity contribution >= 4 is 12.0 Å². The van der Waals surface area contributed by atoms with E-state index in [1.54, 1.807) is 4.90 Å². The highest BCUT2D eigenvalue weighted by molar-refractivity contribution is 5.79. The van der Waals surface area contributed by atoms with Gasteiger partial charge in [0.2, 0.25) is 5.91 Å². The van der Waals surface area contributed by atoms with Gasteiger partial charge in [-0.2, -0.15) is 0 Å². The third-order valence-corrected chi connectivity index (χ3v) is 5.07. The van der Waals surface area contributed by atoms with E-state index in [1.165, 1.54) is 11.1 Å². The van der Waals surface area contributed by atoms with Crippen LogP contribution in [0.25, 0.3) is 0 Å². The molecule has 1 aromatic carbocycles. The Morgan fingerprint density at radius 3 is 2.25 bits per heavy atom. The van der Waals surface area contributed by atoms with Crippen LogP contribution in [-0.2, 0) is 9.53 Å². The van der Waals surface area contributed by atoms with Crippen LogP contribution >= 0.6 is 0 Å². The highest BCUT2D eigenvalue weighted by atomic mass is 16.6. The quantitative estimate of drug-likeness (QED) is 0.839. The lowest BCUT2D eigenvalue weighted by atomic mass is 9.95. The molecule has 1 aliphatic rings. The number of nitrogens with one attached hydrogen (secondary N) is 1. The lowest BCUT2D eigenvalue weighted by Crippen LogP contribution is -2.45. The van der Waals surface area contributed by atoms with E-state index < -0.39 is 5.60 Å². The molecule has 0 saturated carbocycles. The van der Waals surface area contributed by atoms with Gasteiger partial charge in [-0.25, -0.2) is 4.79 Å². The van der Waals surface area contributed by atoms with Crippen LogP contribution in [0.3, 0.4) is 0 Å². The monoisotopic (exact) mass is 389 g/mol. The fourth-order valence-electron chi connectivity index (χ4n) is 3.38. The molecule has 1 unspecified atom stereocenters. The van der Waals surface area contributed by atoms with E-state index in [9.17, 15) is 9.59 Å². The van der Waals surface area contributed by atoms with Gasteiger partial charge in [-0.1, -0.05) is 29.8 Å². The van der Waals surface area contributed by atoms with E-state index in [-0.39, 0.29) is 24.0 Å². The van der Waals surface area contributed by atoms with Crippen molar-refractivity contribution in [1.29, 1.82) is 0 Å². The molecule has 0 aliphatic carbocycles. The fraction of sp³-hybridized carbons (Fsp3) is 0.636. The number of rotatable bonds is 5. The molecule has 6 heteroatoms. The maximum Gasteiger partial charge on any atom is 0.410 e. The summed E-state index contributed by atoms with van der Waals surface area (Å²) in [7, 11) is 4.05. The van der Waals surface area contributed by atoms with Gasteiger partial charge >= 0.3 is 6.09 Å². The first kappa shape index (κ1) is 22.2. The molecule has 1 N–H and O–H groups in total. The predicted octanol–water partition coefficient (Wildman–Crippen LogP) is 3.36. The first-order chi connectivity index (χ1) is 13.1. The molecule has 0 spiro atoms. The molecule has 156 valence electrons. The number of hydrogen-bond acceptors (Lipinski definition) is 4. The van der Waals surface area contributed by atoms with Crippen molar-refractivity contribution in [3.05, 3.63) is 35.4 Å². The van der Waals surface area contributed by atoms with E-state index in [4.69, 9.17) is 4.74 Å². The Labute approximate surface area is 169 Å². The fourth-order valence-corrected chi connectivity index (χ4v) is 3.38. The SMILES string of the molecule is Cc1ccc(C(CNC(=O)C2CCN(C(=O)OC(C)(C)C)CC2)N(C)C)cc1.